The van der Waals surface area contributed by atoms with Crippen LogP contribution in [0.15, 0.2) is 47.5 Å². The van der Waals surface area contributed by atoms with E-state index in [9.17, 15) is 4.79 Å². The van der Waals surface area contributed by atoms with Gasteiger partial charge in [0.05, 0.1) is 5.69 Å². The summed E-state index contributed by atoms with van der Waals surface area (Å²) in [5.74, 6) is 1.44. The Bertz CT molecular complexity index is 822. The van der Waals surface area contributed by atoms with Gasteiger partial charge in [0.15, 0.2) is 5.17 Å². The van der Waals surface area contributed by atoms with Crippen LogP contribution in [-0.4, -0.2) is 28.3 Å². The summed E-state index contributed by atoms with van der Waals surface area (Å²) in [6, 6.07) is 14.2. The number of para-hydroxylation sites is 1. The molecule has 136 valence electrons. The molecule has 3 rings (SSSR count). The van der Waals surface area contributed by atoms with Gasteiger partial charge in [0.25, 0.3) is 5.91 Å². The first-order chi connectivity index (χ1) is 12.5. The van der Waals surface area contributed by atoms with Gasteiger partial charge in [-0.05, 0) is 49.9 Å². The number of carbonyl (C=O) groups is 1. The monoisotopic (exact) mass is 366 g/mol. The van der Waals surface area contributed by atoms with Crippen LogP contribution in [0.5, 0.6) is 0 Å². The van der Waals surface area contributed by atoms with Crippen LogP contribution in [0.25, 0.3) is 0 Å². The molecule has 0 N–H and O–H groups in total. The first-order valence-electron chi connectivity index (χ1n) is 9.16. The van der Waals surface area contributed by atoms with Crippen LogP contribution >= 0.6 is 11.8 Å². The SMILES string of the molecule is Cc1cc(C)cc(C(=O)N2CCCSC2=Nc2ccccc2C(C)C)c1. The molecule has 0 atom stereocenters. The highest BCUT2D eigenvalue weighted by atomic mass is 32.2. The van der Waals surface area contributed by atoms with Gasteiger partial charge < -0.3 is 0 Å². The highest BCUT2D eigenvalue weighted by Gasteiger charge is 2.25. The van der Waals surface area contributed by atoms with Crippen molar-refractivity contribution in [3.05, 3.63) is 64.7 Å². The molecule has 0 aliphatic carbocycles. The molecule has 0 spiro atoms. The van der Waals surface area contributed by atoms with E-state index < -0.39 is 0 Å². The van der Waals surface area contributed by atoms with Crippen molar-refractivity contribution in [1.82, 2.24) is 4.90 Å². The molecule has 26 heavy (non-hydrogen) atoms. The number of aryl methyl sites for hydroxylation is 2. The topological polar surface area (TPSA) is 32.7 Å². The Kier molecular flexibility index (Phi) is 5.82. The predicted octanol–water partition coefficient (Wildman–Crippen LogP) is 5.69. The lowest BCUT2D eigenvalue weighted by atomic mass is 10.0. The molecule has 1 aliphatic rings. The Balaban J connectivity index is 1.97. The Morgan fingerprint density at radius 3 is 2.50 bits per heavy atom. The van der Waals surface area contributed by atoms with Crippen LogP contribution in [0.2, 0.25) is 0 Å². The van der Waals surface area contributed by atoms with Gasteiger partial charge in [-0.15, -0.1) is 0 Å². The van der Waals surface area contributed by atoms with E-state index in [2.05, 4.69) is 26.0 Å². The van der Waals surface area contributed by atoms with E-state index in [1.165, 1.54) is 5.56 Å². The lowest BCUT2D eigenvalue weighted by Gasteiger charge is -2.28. The van der Waals surface area contributed by atoms with E-state index in [0.29, 0.717) is 5.92 Å². The molecule has 1 amide bonds. The molecule has 2 aromatic rings. The van der Waals surface area contributed by atoms with Crippen molar-refractivity contribution in [3.8, 4) is 0 Å². The first kappa shape index (κ1) is 18.7. The highest BCUT2D eigenvalue weighted by molar-refractivity contribution is 8.13. The van der Waals surface area contributed by atoms with Crippen molar-refractivity contribution in [3.63, 3.8) is 0 Å². The van der Waals surface area contributed by atoms with Gasteiger partial charge in [-0.25, -0.2) is 4.99 Å². The second-order valence-electron chi connectivity index (χ2n) is 7.14. The summed E-state index contributed by atoms with van der Waals surface area (Å²) in [4.78, 5) is 19.9. The number of amidine groups is 1. The smallest absolute Gasteiger partial charge is 0.259 e. The van der Waals surface area contributed by atoms with Gasteiger partial charge in [0.1, 0.15) is 0 Å². The molecule has 0 radical (unpaired) electrons. The summed E-state index contributed by atoms with van der Waals surface area (Å²) in [6.07, 6.45) is 0.992. The van der Waals surface area contributed by atoms with Gasteiger partial charge in [-0.1, -0.05) is 61.0 Å². The lowest BCUT2D eigenvalue weighted by Crippen LogP contribution is -2.39. The van der Waals surface area contributed by atoms with Crippen LogP contribution in [0.4, 0.5) is 5.69 Å². The van der Waals surface area contributed by atoms with Crippen molar-refractivity contribution in [2.24, 2.45) is 4.99 Å². The van der Waals surface area contributed by atoms with Crippen molar-refractivity contribution < 1.29 is 4.79 Å². The van der Waals surface area contributed by atoms with Gasteiger partial charge in [0.2, 0.25) is 0 Å². The molecule has 0 unspecified atom stereocenters. The summed E-state index contributed by atoms with van der Waals surface area (Å²) in [5, 5.41) is 0.813. The Morgan fingerprint density at radius 1 is 1.12 bits per heavy atom. The predicted molar refractivity (Wildman–Crippen MR) is 112 cm³/mol. The van der Waals surface area contributed by atoms with Crippen LogP contribution in [0.1, 0.15) is 53.2 Å². The van der Waals surface area contributed by atoms with Gasteiger partial charge in [-0.2, -0.15) is 0 Å². The van der Waals surface area contributed by atoms with Crippen molar-refractivity contribution in [2.45, 2.75) is 40.0 Å². The maximum atomic E-state index is 13.2. The fourth-order valence-corrected chi connectivity index (χ4v) is 4.22. The molecular formula is C22H26N2OS. The molecule has 0 saturated carbocycles. The minimum absolute atomic E-state index is 0.0461. The molecule has 1 aliphatic heterocycles. The second-order valence-corrected chi connectivity index (χ2v) is 8.21. The van der Waals surface area contributed by atoms with E-state index in [1.807, 2.05) is 49.1 Å². The quantitative estimate of drug-likeness (QED) is 0.698. The summed E-state index contributed by atoms with van der Waals surface area (Å²) >= 11 is 1.67. The third-order valence-electron chi connectivity index (χ3n) is 4.48. The van der Waals surface area contributed by atoms with E-state index in [-0.39, 0.29) is 5.91 Å². The molecule has 4 heteroatoms. The minimum Gasteiger partial charge on any atom is -0.287 e. The van der Waals surface area contributed by atoms with E-state index >= 15 is 0 Å². The molecular weight excluding hydrogens is 340 g/mol. The summed E-state index contributed by atoms with van der Waals surface area (Å²) in [6.45, 7) is 9.13. The number of aliphatic imine (C=N–C) groups is 1. The number of rotatable bonds is 3. The van der Waals surface area contributed by atoms with Crippen molar-refractivity contribution >= 4 is 28.5 Å². The number of benzene rings is 2. The fraction of sp³-hybridized carbons (Fsp3) is 0.364. The Labute approximate surface area is 160 Å². The molecule has 1 saturated heterocycles. The van der Waals surface area contributed by atoms with Gasteiger partial charge >= 0.3 is 0 Å². The first-order valence-corrected chi connectivity index (χ1v) is 10.1. The molecule has 3 nitrogen and oxygen atoms in total. The zero-order valence-electron chi connectivity index (χ0n) is 16.0. The van der Waals surface area contributed by atoms with Crippen LogP contribution in [-0.2, 0) is 0 Å². The molecule has 1 heterocycles. The van der Waals surface area contributed by atoms with Crippen molar-refractivity contribution in [1.29, 1.82) is 0 Å². The molecule has 0 bridgehead atoms. The molecule has 2 aromatic carbocycles. The number of nitrogens with zero attached hydrogens (tertiary/aromatic N) is 2. The molecule has 0 aromatic heterocycles. The summed E-state index contributed by atoms with van der Waals surface area (Å²) in [7, 11) is 0. The lowest BCUT2D eigenvalue weighted by molar-refractivity contribution is 0.0849. The highest BCUT2D eigenvalue weighted by Crippen LogP contribution is 2.30. The zero-order valence-corrected chi connectivity index (χ0v) is 16.8. The average Bonchev–Trinajstić information content (AvgIpc) is 2.61. The maximum Gasteiger partial charge on any atom is 0.259 e. The van der Waals surface area contributed by atoms with Crippen LogP contribution < -0.4 is 0 Å². The van der Waals surface area contributed by atoms with E-state index in [1.54, 1.807) is 11.8 Å². The Morgan fingerprint density at radius 2 is 1.81 bits per heavy atom. The van der Waals surface area contributed by atoms with Gasteiger partial charge in [-0.3, -0.25) is 9.69 Å². The van der Waals surface area contributed by atoms with Crippen molar-refractivity contribution in [2.75, 3.05) is 12.3 Å². The van der Waals surface area contributed by atoms with Crippen LogP contribution in [0.3, 0.4) is 0 Å². The average molecular weight is 367 g/mol. The molecule has 1 fully saturated rings. The summed E-state index contributed by atoms with van der Waals surface area (Å²) in [5.41, 5.74) is 5.15. The standard InChI is InChI=1S/C22H26N2OS/c1-15(2)19-8-5-6-9-20(19)23-22-24(10-7-11-26-22)21(25)18-13-16(3)12-17(4)14-18/h5-6,8-9,12-15H,7,10-11H2,1-4H3. The normalized spacial score (nSPS) is 16.3. The number of carbonyl (C=O) groups excluding carboxylic acids is 1. The third-order valence-corrected chi connectivity index (χ3v) is 5.54. The van der Waals surface area contributed by atoms with Crippen LogP contribution in [0, 0.1) is 13.8 Å². The number of hydrogen-bond donors (Lipinski definition) is 0. The fourth-order valence-electron chi connectivity index (χ4n) is 3.28. The van der Waals surface area contributed by atoms with Gasteiger partial charge in [0, 0.05) is 17.9 Å². The maximum absolute atomic E-state index is 13.2. The number of thioether (sulfide) groups is 1. The van der Waals surface area contributed by atoms with E-state index in [4.69, 9.17) is 4.99 Å². The largest absolute Gasteiger partial charge is 0.287 e. The second kappa shape index (κ2) is 8.09. The minimum atomic E-state index is 0.0461. The summed E-state index contributed by atoms with van der Waals surface area (Å²) < 4.78 is 0. The number of amides is 1. The Hall–Kier alpha value is -2.07. The zero-order chi connectivity index (χ0) is 18.7. The third kappa shape index (κ3) is 4.18. The van der Waals surface area contributed by atoms with E-state index in [0.717, 1.165) is 46.3 Å². The number of hydrogen-bond acceptors (Lipinski definition) is 3.